The van der Waals surface area contributed by atoms with Crippen LogP contribution in [-0.2, 0) is 16.0 Å². The Bertz CT molecular complexity index is 516. The van der Waals surface area contributed by atoms with E-state index in [1.54, 1.807) is 0 Å². The number of hydrogen-bond donors (Lipinski definition) is 4. The van der Waals surface area contributed by atoms with Crippen LogP contribution in [0.5, 0.6) is 0 Å². The zero-order chi connectivity index (χ0) is 13.0. The Kier molecular flexibility index (Phi) is 3.81. The molecule has 8 heteroatoms. The molecule has 0 fully saturated rings. The van der Waals surface area contributed by atoms with E-state index in [0.29, 0.717) is 0 Å². The number of carbonyl (C=O) groups excluding carboxylic acids is 1. The lowest BCUT2D eigenvalue weighted by Gasteiger charge is -2.12. The van der Waals surface area contributed by atoms with Crippen molar-refractivity contribution in [1.29, 1.82) is 0 Å². The van der Waals surface area contributed by atoms with E-state index in [9.17, 15) is 19.2 Å². The summed E-state index contributed by atoms with van der Waals surface area (Å²) in [5.41, 5.74) is -1.21. The summed E-state index contributed by atoms with van der Waals surface area (Å²) in [7, 11) is 0. The second-order valence-corrected chi connectivity index (χ2v) is 3.41. The number of hydrogen-bond acceptors (Lipinski definition) is 4. The van der Waals surface area contributed by atoms with Gasteiger partial charge in [-0.25, -0.2) is 9.59 Å². The van der Waals surface area contributed by atoms with Crippen molar-refractivity contribution >= 4 is 11.9 Å². The molecule has 0 aliphatic carbocycles. The Morgan fingerprint density at radius 2 is 2.06 bits per heavy atom. The summed E-state index contributed by atoms with van der Waals surface area (Å²) >= 11 is 0. The van der Waals surface area contributed by atoms with E-state index in [0.717, 1.165) is 6.07 Å². The zero-order valence-electron chi connectivity index (χ0n) is 8.94. The normalized spacial score (nSPS) is 11.8. The van der Waals surface area contributed by atoms with Crippen LogP contribution in [0.15, 0.2) is 15.7 Å². The van der Waals surface area contributed by atoms with E-state index in [-0.39, 0.29) is 12.1 Å². The van der Waals surface area contributed by atoms with Gasteiger partial charge >= 0.3 is 11.7 Å². The van der Waals surface area contributed by atoms with Crippen LogP contribution >= 0.6 is 0 Å². The molecular formula is C9H11N3O5. The van der Waals surface area contributed by atoms with E-state index >= 15 is 0 Å². The molecule has 92 valence electrons. The largest absolute Gasteiger partial charge is 0.480 e. The van der Waals surface area contributed by atoms with Gasteiger partial charge in [0, 0.05) is 25.1 Å². The first kappa shape index (κ1) is 12.7. The van der Waals surface area contributed by atoms with Crippen molar-refractivity contribution in [3.63, 3.8) is 0 Å². The molecule has 1 aromatic heterocycles. The average molecular weight is 241 g/mol. The SMILES string of the molecule is CC(=O)NC(Cc1cc(=O)[nH]c(=O)[nH]1)C(=O)O. The highest BCUT2D eigenvalue weighted by atomic mass is 16.4. The van der Waals surface area contributed by atoms with Crippen molar-refractivity contribution in [2.24, 2.45) is 0 Å². The van der Waals surface area contributed by atoms with Crippen molar-refractivity contribution in [3.05, 3.63) is 32.6 Å². The van der Waals surface area contributed by atoms with Gasteiger partial charge in [-0.1, -0.05) is 0 Å². The van der Waals surface area contributed by atoms with Crippen LogP contribution in [0, 0.1) is 0 Å². The maximum absolute atomic E-state index is 11.0. The fraction of sp³-hybridized carbons (Fsp3) is 0.333. The first-order chi connectivity index (χ1) is 7.88. The number of H-pyrrole nitrogens is 2. The molecule has 8 nitrogen and oxygen atoms in total. The van der Waals surface area contributed by atoms with E-state index in [1.165, 1.54) is 6.92 Å². The Morgan fingerprint density at radius 3 is 2.53 bits per heavy atom. The van der Waals surface area contributed by atoms with Gasteiger partial charge in [0.25, 0.3) is 5.56 Å². The summed E-state index contributed by atoms with van der Waals surface area (Å²) in [4.78, 5) is 47.7. The van der Waals surface area contributed by atoms with Gasteiger partial charge in [0.2, 0.25) is 5.91 Å². The molecule has 0 aliphatic heterocycles. The van der Waals surface area contributed by atoms with Crippen LogP contribution < -0.4 is 16.6 Å². The molecule has 17 heavy (non-hydrogen) atoms. The third kappa shape index (κ3) is 3.93. The minimum absolute atomic E-state index is 0.139. The summed E-state index contributed by atoms with van der Waals surface area (Å²) in [6, 6.07) is -0.121. The molecule has 0 aromatic carbocycles. The van der Waals surface area contributed by atoms with Crippen LogP contribution in [0.25, 0.3) is 0 Å². The Hall–Kier alpha value is -2.38. The molecule has 1 amide bonds. The highest BCUT2D eigenvalue weighted by molar-refractivity contribution is 5.82. The van der Waals surface area contributed by atoms with Crippen LogP contribution in [-0.4, -0.2) is 33.0 Å². The highest BCUT2D eigenvalue weighted by Gasteiger charge is 2.19. The number of carboxylic acids is 1. The number of aromatic nitrogens is 2. The van der Waals surface area contributed by atoms with Gasteiger partial charge in [-0.05, 0) is 0 Å². The smallest absolute Gasteiger partial charge is 0.326 e. The first-order valence-corrected chi connectivity index (χ1v) is 4.71. The molecule has 1 aromatic rings. The fourth-order valence-corrected chi connectivity index (χ4v) is 1.29. The Balaban J connectivity index is 2.93. The van der Waals surface area contributed by atoms with Gasteiger partial charge in [0.1, 0.15) is 6.04 Å². The number of amides is 1. The summed E-state index contributed by atoms with van der Waals surface area (Å²) in [5.74, 6) is -1.76. The Morgan fingerprint density at radius 1 is 1.41 bits per heavy atom. The van der Waals surface area contributed by atoms with Crippen molar-refractivity contribution in [1.82, 2.24) is 15.3 Å². The molecule has 1 heterocycles. The average Bonchev–Trinajstić information content (AvgIpc) is 2.13. The van der Waals surface area contributed by atoms with E-state index in [2.05, 4.69) is 10.3 Å². The molecule has 0 radical (unpaired) electrons. The maximum Gasteiger partial charge on any atom is 0.326 e. The third-order valence-electron chi connectivity index (χ3n) is 1.92. The topological polar surface area (TPSA) is 132 Å². The predicted octanol–water partition coefficient (Wildman–Crippen LogP) is -1.80. The second-order valence-electron chi connectivity index (χ2n) is 3.41. The molecule has 1 unspecified atom stereocenters. The minimum atomic E-state index is -1.25. The number of carboxylic acid groups (broad SMARTS) is 1. The van der Waals surface area contributed by atoms with Gasteiger partial charge in [-0.2, -0.15) is 0 Å². The van der Waals surface area contributed by atoms with Crippen LogP contribution in [0.2, 0.25) is 0 Å². The molecule has 0 spiro atoms. The molecule has 0 saturated carbocycles. The lowest BCUT2D eigenvalue weighted by atomic mass is 10.1. The van der Waals surface area contributed by atoms with E-state index < -0.39 is 29.2 Å². The van der Waals surface area contributed by atoms with Crippen LogP contribution in [0.3, 0.4) is 0 Å². The number of aliphatic carboxylic acids is 1. The quantitative estimate of drug-likeness (QED) is 0.493. The lowest BCUT2D eigenvalue weighted by molar-refractivity contribution is -0.141. The molecule has 1 rings (SSSR count). The summed E-state index contributed by atoms with van der Waals surface area (Å²) in [6.45, 7) is 1.18. The molecule has 0 bridgehead atoms. The number of aromatic amines is 2. The maximum atomic E-state index is 11.0. The van der Waals surface area contributed by atoms with Crippen LogP contribution in [0.1, 0.15) is 12.6 Å². The van der Waals surface area contributed by atoms with Crippen molar-refractivity contribution in [2.45, 2.75) is 19.4 Å². The first-order valence-electron chi connectivity index (χ1n) is 4.71. The summed E-state index contributed by atoms with van der Waals surface area (Å²) in [5, 5.41) is 11.0. The van der Waals surface area contributed by atoms with Gasteiger partial charge in [0.05, 0.1) is 0 Å². The number of carbonyl (C=O) groups is 2. The van der Waals surface area contributed by atoms with Crippen LogP contribution in [0.4, 0.5) is 0 Å². The Labute approximate surface area is 94.7 Å². The fourth-order valence-electron chi connectivity index (χ4n) is 1.29. The molecule has 0 saturated heterocycles. The third-order valence-corrected chi connectivity index (χ3v) is 1.92. The predicted molar refractivity (Wildman–Crippen MR) is 56.6 cm³/mol. The van der Waals surface area contributed by atoms with Gasteiger partial charge in [-0.15, -0.1) is 0 Å². The molecular weight excluding hydrogens is 230 g/mol. The van der Waals surface area contributed by atoms with Gasteiger partial charge < -0.3 is 15.4 Å². The zero-order valence-corrected chi connectivity index (χ0v) is 8.94. The standard InChI is InChI=1S/C9H11N3O5/c1-4(13)10-6(8(15)16)2-5-3-7(14)12-9(17)11-5/h3,6H,2H2,1H3,(H,10,13)(H,15,16)(H2,11,12,14,17). The molecule has 0 aliphatic rings. The molecule has 4 N–H and O–H groups in total. The monoisotopic (exact) mass is 241 g/mol. The summed E-state index contributed by atoms with van der Waals surface area (Å²) < 4.78 is 0. The molecule has 1 atom stereocenters. The van der Waals surface area contributed by atoms with Crippen molar-refractivity contribution < 1.29 is 14.7 Å². The van der Waals surface area contributed by atoms with Gasteiger partial charge in [0.15, 0.2) is 0 Å². The minimum Gasteiger partial charge on any atom is -0.480 e. The lowest BCUT2D eigenvalue weighted by Crippen LogP contribution is -2.42. The van der Waals surface area contributed by atoms with Crippen molar-refractivity contribution in [3.8, 4) is 0 Å². The number of rotatable bonds is 4. The summed E-state index contributed by atoms with van der Waals surface area (Å²) in [6.07, 6.45) is -0.173. The van der Waals surface area contributed by atoms with E-state index in [1.807, 2.05) is 4.98 Å². The van der Waals surface area contributed by atoms with Crippen molar-refractivity contribution in [2.75, 3.05) is 0 Å². The van der Waals surface area contributed by atoms with E-state index in [4.69, 9.17) is 5.11 Å². The number of nitrogens with one attached hydrogen (secondary N) is 3. The van der Waals surface area contributed by atoms with Gasteiger partial charge in [-0.3, -0.25) is 14.6 Å². The highest BCUT2D eigenvalue weighted by Crippen LogP contribution is 1.96. The second kappa shape index (κ2) is 5.10.